The van der Waals surface area contributed by atoms with Gasteiger partial charge in [0.05, 0.1) is 26.8 Å². The van der Waals surface area contributed by atoms with Crippen LogP contribution in [-0.4, -0.2) is 72.6 Å². The molecule has 186 valence electrons. The van der Waals surface area contributed by atoms with E-state index in [1.54, 1.807) is 6.07 Å². The second-order valence-corrected chi connectivity index (χ2v) is 9.81. The third-order valence-electron chi connectivity index (χ3n) is 4.49. The topological polar surface area (TPSA) is 176 Å². The van der Waals surface area contributed by atoms with Crippen molar-refractivity contribution < 1.29 is 38.0 Å². The number of carbonyl (C=O) groups is 1. The Morgan fingerprint density at radius 2 is 1.85 bits per heavy atom. The van der Waals surface area contributed by atoms with Gasteiger partial charge in [-0.1, -0.05) is 6.07 Å². The number of phenols is 1. The van der Waals surface area contributed by atoms with Gasteiger partial charge in [0.1, 0.15) is 36.4 Å². The minimum atomic E-state index is -4.27. The van der Waals surface area contributed by atoms with E-state index in [1.165, 1.54) is 36.4 Å². The molecule has 2 rings (SSSR count). The fourth-order valence-corrected chi connectivity index (χ4v) is 3.43. The molecule has 6 N–H and O–H groups in total. The van der Waals surface area contributed by atoms with Gasteiger partial charge in [0.2, 0.25) is 0 Å². The number of phosphoric ester groups is 1. The predicted octanol–water partition coefficient (Wildman–Crippen LogP) is 2.51. The molecule has 13 heteroatoms. The lowest BCUT2D eigenvalue weighted by Crippen LogP contribution is -2.41. The lowest BCUT2D eigenvalue weighted by atomic mass is 10.1. The number of hydrogen-bond donors (Lipinski definition) is 5. The molecule has 2 aromatic rings. The third-order valence-corrected chi connectivity index (χ3v) is 5.44. The molecule has 0 aliphatic heterocycles. The number of nitrogens with zero attached hydrogens (tertiary/aromatic N) is 3. The standard InChI is InChI=1S/C21H30N5O7P/c1-26(2,3)10-11-32-34(30,31)33-17-7-5-16(6-8-17)24-25-18-12-15(4-9-20(18)27)13-19(21(28)29)23-14-22/h4-9,12,19,23H,10-11,13-14,22H2,1-3H3,(H2-,24,27,28,29,30,31)/p+1. The zero-order chi connectivity index (χ0) is 25.4. The summed E-state index contributed by atoms with van der Waals surface area (Å²) in [4.78, 5) is 21.2. The van der Waals surface area contributed by atoms with Gasteiger partial charge in [-0.15, -0.1) is 5.11 Å². The van der Waals surface area contributed by atoms with E-state index in [-0.39, 0.29) is 36.9 Å². The molecule has 0 heterocycles. The number of carboxylic acid groups (broad SMARTS) is 1. The number of likely N-dealkylation sites (N-methyl/N-ethyl adjacent to an activating group) is 1. The highest BCUT2D eigenvalue weighted by Gasteiger charge is 2.24. The van der Waals surface area contributed by atoms with E-state index < -0.39 is 19.8 Å². The maximum absolute atomic E-state index is 12.1. The van der Waals surface area contributed by atoms with Crippen LogP contribution in [0.1, 0.15) is 5.56 Å². The molecule has 0 amide bonds. The SMILES string of the molecule is C[N+](C)(C)CCOP(=O)(O)Oc1ccc(N=Nc2cc(CC(NCN)C(=O)O)ccc2O)cc1. The van der Waals surface area contributed by atoms with Crippen molar-refractivity contribution in [3.05, 3.63) is 48.0 Å². The monoisotopic (exact) mass is 496 g/mol. The summed E-state index contributed by atoms with van der Waals surface area (Å²) < 4.78 is 22.7. The molecular weight excluding hydrogens is 465 g/mol. The summed E-state index contributed by atoms with van der Waals surface area (Å²) in [5, 5.41) is 30.0. The number of hydrogen-bond acceptors (Lipinski definition) is 9. The van der Waals surface area contributed by atoms with E-state index >= 15 is 0 Å². The molecule has 0 saturated heterocycles. The lowest BCUT2D eigenvalue weighted by molar-refractivity contribution is -0.870. The average molecular weight is 496 g/mol. The highest BCUT2D eigenvalue weighted by Crippen LogP contribution is 2.44. The lowest BCUT2D eigenvalue weighted by Gasteiger charge is -2.24. The Morgan fingerprint density at radius 1 is 1.18 bits per heavy atom. The van der Waals surface area contributed by atoms with Crippen molar-refractivity contribution in [3.63, 3.8) is 0 Å². The number of aliphatic carboxylic acids is 1. The minimum Gasteiger partial charge on any atom is -0.506 e. The molecule has 0 radical (unpaired) electrons. The largest absolute Gasteiger partial charge is 0.527 e. The van der Waals surface area contributed by atoms with E-state index in [2.05, 4.69) is 15.5 Å². The molecular formula is C21H31N5O7P+. The number of phenolic OH excluding ortho intramolecular Hbond substituents is 1. The summed E-state index contributed by atoms with van der Waals surface area (Å²) in [6.07, 6.45) is 0.138. The molecule has 0 aliphatic carbocycles. The Bertz CT molecular complexity index is 1040. The van der Waals surface area contributed by atoms with Crippen molar-refractivity contribution in [3.8, 4) is 11.5 Å². The molecule has 2 atom stereocenters. The van der Waals surface area contributed by atoms with E-state index in [4.69, 9.17) is 14.8 Å². The number of aromatic hydroxyl groups is 1. The molecule has 0 fully saturated rings. The van der Waals surface area contributed by atoms with E-state index in [0.29, 0.717) is 22.3 Å². The van der Waals surface area contributed by atoms with Gasteiger partial charge in [0, 0.05) is 6.67 Å². The summed E-state index contributed by atoms with van der Waals surface area (Å²) in [6.45, 7) is 0.596. The Balaban J connectivity index is 2.03. The summed E-state index contributed by atoms with van der Waals surface area (Å²) in [5.74, 6) is -1.06. The molecule has 34 heavy (non-hydrogen) atoms. The van der Waals surface area contributed by atoms with Gasteiger partial charge in [0.15, 0.2) is 0 Å². The van der Waals surface area contributed by atoms with Gasteiger partial charge in [0.25, 0.3) is 0 Å². The highest BCUT2D eigenvalue weighted by molar-refractivity contribution is 7.47. The van der Waals surface area contributed by atoms with Crippen LogP contribution in [0.5, 0.6) is 11.5 Å². The number of nitrogens with two attached hydrogens (primary N) is 1. The smallest absolute Gasteiger partial charge is 0.506 e. The van der Waals surface area contributed by atoms with E-state index in [9.17, 15) is 24.5 Å². The number of nitrogens with one attached hydrogen (secondary N) is 1. The fourth-order valence-electron chi connectivity index (χ4n) is 2.68. The first kappa shape index (κ1) is 27.4. The first-order valence-electron chi connectivity index (χ1n) is 10.4. The molecule has 12 nitrogen and oxygen atoms in total. The molecule has 0 aromatic heterocycles. The molecule has 0 spiro atoms. The highest BCUT2D eigenvalue weighted by atomic mass is 31.2. The van der Waals surface area contributed by atoms with Gasteiger partial charge >= 0.3 is 13.8 Å². The Labute approximate surface area is 197 Å². The molecule has 2 aromatic carbocycles. The molecule has 0 saturated carbocycles. The number of rotatable bonds is 13. The maximum Gasteiger partial charge on any atom is 0.527 e. The molecule has 0 aliphatic rings. The molecule has 2 unspecified atom stereocenters. The Kier molecular flexibility index (Phi) is 9.68. The quantitative estimate of drug-likeness (QED) is 0.121. The van der Waals surface area contributed by atoms with Crippen LogP contribution < -0.4 is 15.6 Å². The van der Waals surface area contributed by atoms with Gasteiger partial charge in [-0.05, 0) is 48.4 Å². The number of benzene rings is 2. The minimum absolute atomic E-state index is 0.00933. The summed E-state index contributed by atoms with van der Waals surface area (Å²) in [6, 6.07) is 9.53. The van der Waals surface area contributed by atoms with E-state index in [0.717, 1.165) is 0 Å². The first-order chi connectivity index (χ1) is 15.9. The summed E-state index contributed by atoms with van der Waals surface area (Å²) in [5.41, 5.74) is 6.54. The number of azo groups is 1. The van der Waals surface area contributed by atoms with Crippen LogP contribution in [0, 0.1) is 0 Å². The Morgan fingerprint density at radius 3 is 2.44 bits per heavy atom. The zero-order valence-electron chi connectivity index (χ0n) is 19.3. The van der Waals surface area contributed by atoms with Crippen LogP contribution in [0.15, 0.2) is 52.7 Å². The predicted molar refractivity (Wildman–Crippen MR) is 125 cm³/mol. The second kappa shape index (κ2) is 12.0. The van der Waals surface area contributed by atoms with Gasteiger partial charge in [-0.25, -0.2) is 4.57 Å². The van der Waals surface area contributed by atoms with Crippen molar-refractivity contribution in [2.75, 3.05) is 41.0 Å². The Hall–Kier alpha value is -2.86. The molecule has 0 bridgehead atoms. The third kappa shape index (κ3) is 9.56. The summed E-state index contributed by atoms with van der Waals surface area (Å²) in [7, 11) is 1.53. The van der Waals surface area contributed by atoms with Gasteiger partial charge < -0.3 is 25.0 Å². The van der Waals surface area contributed by atoms with Crippen LogP contribution in [0.25, 0.3) is 0 Å². The van der Waals surface area contributed by atoms with Crippen molar-refractivity contribution in [2.45, 2.75) is 12.5 Å². The van der Waals surface area contributed by atoms with E-state index in [1.807, 2.05) is 21.1 Å². The van der Waals surface area contributed by atoms with Crippen molar-refractivity contribution in [1.29, 1.82) is 0 Å². The first-order valence-corrected chi connectivity index (χ1v) is 11.9. The maximum atomic E-state index is 12.1. The van der Waals surface area contributed by atoms with Crippen LogP contribution in [0.3, 0.4) is 0 Å². The zero-order valence-corrected chi connectivity index (χ0v) is 20.2. The number of carboxylic acids is 1. The second-order valence-electron chi connectivity index (χ2n) is 8.43. The van der Waals surface area contributed by atoms with Gasteiger partial charge in [-0.2, -0.15) is 5.11 Å². The number of phosphoric acid groups is 1. The van der Waals surface area contributed by atoms with Crippen LogP contribution in [0.4, 0.5) is 11.4 Å². The van der Waals surface area contributed by atoms with Crippen LogP contribution >= 0.6 is 7.82 Å². The summed E-state index contributed by atoms with van der Waals surface area (Å²) >= 11 is 0. The van der Waals surface area contributed by atoms with Crippen molar-refractivity contribution in [2.24, 2.45) is 16.0 Å². The van der Waals surface area contributed by atoms with Crippen molar-refractivity contribution in [1.82, 2.24) is 5.32 Å². The van der Waals surface area contributed by atoms with Crippen LogP contribution in [-0.2, 0) is 20.3 Å². The normalized spacial score (nSPS) is 14.6. The average Bonchev–Trinajstić information content (AvgIpc) is 2.73. The number of quaternary nitrogens is 1. The fraction of sp³-hybridized carbons (Fsp3) is 0.381. The van der Waals surface area contributed by atoms with Gasteiger partial charge in [-0.3, -0.25) is 19.5 Å². The van der Waals surface area contributed by atoms with Crippen LogP contribution in [0.2, 0.25) is 0 Å². The van der Waals surface area contributed by atoms with Crippen molar-refractivity contribution >= 4 is 25.2 Å².